The summed E-state index contributed by atoms with van der Waals surface area (Å²) in [6.07, 6.45) is 73.2. The van der Waals surface area contributed by atoms with Crippen molar-refractivity contribution in [2.45, 2.75) is 343 Å². The smallest absolute Gasteiger partial charge is 0.0110 e. The average molecular weight is 1050 g/mol. The quantitative estimate of drug-likeness (QED) is 0.0444. The molecule has 0 N–H and O–H groups in total. The van der Waals surface area contributed by atoms with Gasteiger partial charge in [-0.25, -0.2) is 0 Å². The summed E-state index contributed by atoms with van der Waals surface area (Å²) in [5, 5.41) is 0. The van der Waals surface area contributed by atoms with Gasteiger partial charge in [0.2, 0.25) is 0 Å². The van der Waals surface area contributed by atoms with Crippen molar-refractivity contribution in [3.05, 3.63) is 12.2 Å². The van der Waals surface area contributed by atoms with Crippen LogP contribution >= 0.6 is 0 Å². The van der Waals surface area contributed by atoms with Crippen molar-refractivity contribution < 1.29 is 0 Å². The minimum atomic E-state index is 1.26. The second-order valence-electron chi connectivity index (χ2n) is 24.8. The molecule has 5 heteroatoms. The van der Waals surface area contributed by atoms with Crippen LogP contribution in [0.2, 0.25) is 0 Å². The highest BCUT2D eigenvalue weighted by molar-refractivity contribution is 4.81. The first-order chi connectivity index (χ1) is 37.2. The molecule has 0 amide bonds. The predicted octanol–water partition coefficient (Wildman–Crippen LogP) is 20.9. The van der Waals surface area contributed by atoms with Crippen LogP contribution in [0.15, 0.2) is 12.2 Å². The third-order valence-corrected chi connectivity index (χ3v) is 17.5. The lowest BCUT2D eigenvalue weighted by molar-refractivity contribution is 0.104. The maximum Gasteiger partial charge on any atom is 0.0110 e. The van der Waals surface area contributed by atoms with Crippen LogP contribution in [-0.4, -0.2) is 123 Å². The van der Waals surface area contributed by atoms with Gasteiger partial charge in [0.15, 0.2) is 0 Å². The van der Waals surface area contributed by atoms with Gasteiger partial charge in [0.05, 0.1) is 0 Å². The Labute approximate surface area is 475 Å². The van der Waals surface area contributed by atoms with E-state index < -0.39 is 0 Å². The molecule has 1 aliphatic rings. The molecule has 0 radical (unpaired) electrons. The Morgan fingerprint density at radius 2 is 0.400 bits per heavy atom. The number of unbranched alkanes of at least 4 members (excludes halogenated alkanes) is 42. The summed E-state index contributed by atoms with van der Waals surface area (Å²) in [5.41, 5.74) is 0. The number of piperazine rings is 1. The summed E-state index contributed by atoms with van der Waals surface area (Å²) in [6.45, 7) is 30.9. The molecule has 75 heavy (non-hydrogen) atoms. The number of hydrogen-bond acceptors (Lipinski definition) is 5. The van der Waals surface area contributed by atoms with Crippen molar-refractivity contribution >= 4 is 0 Å². The molecule has 0 bridgehead atoms. The highest BCUT2D eigenvalue weighted by Crippen LogP contribution is 2.17. The van der Waals surface area contributed by atoms with Crippen LogP contribution in [-0.2, 0) is 0 Å². The molecule has 1 fully saturated rings. The zero-order valence-corrected chi connectivity index (χ0v) is 52.9. The average Bonchev–Trinajstić information content (AvgIpc) is 3.42. The van der Waals surface area contributed by atoms with Gasteiger partial charge in [0, 0.05) is 65.4 Å². The standard InChI is InChI=1S/C70H143N5/c1-6-11-16-21-26-31-36-41-46-51-56-71(57-52-47-42-37-32-27-22-17-12-7-2)61-63-73(60-55-50-45-40-35-30-25-20-15-10-5)64-66-75-69-67-74(68-70-75)65-62-72(58-53-48-43-38-33-28-23-18-13-8-3)59-54-49-44-39-34-29-24-19-14-9-4/h28,33H,6-27,29-32,34-70H2,1-5H3. The highest BCUT2D eigenvalue weighted by atomic mass is 15.3. The first-order valence-electron chi connectivity index (χ1n) is 35.4. The van der Waals surface area contributed by atoms with E-state index in [2.05, 4.69) is 71.3 Å². The molecule has 1 heterocycles. The number of allylic oxidation sites excluding steroid dienone is 2. The lowest BCUT2D eigenvalue weighted by Crippen LogP contribution is -2.50. The third kappa shape index (κ3) is 52.7. The fourth-order valence-corrected chi connectivity index (χ4v) is 11.9. The summed E-state index contributed by atoms with van der Waals surface area (Å²) >= 11 is 0. The molecule has 0 aliphatic carbocycles. The molecule has 0 saturated carbocycles. The van der Waals surface area contributed by atoms with Crippen LogP contribution in [0.5, 0.6) is 0 Å². The van der Waals surface area contributed by atoms with Crippen LogP contribution < -0.4 is 0 Å². The molecule has 0 unspecified atom stereocenters. The topological polar surface area (TPSA) is 16.2 Å². The molecule has 0 atom stereocenters. The van der Waals surface area contributed by atoms with E-state index in [4.69, 9.17) is 0 Å². The Hall–Kier alpha value is -0.460. The molecule has 1 rings (SSSR count). The van der Waals surface area contributed by atoms with Crippen molar-refractivity contribution in [1.29, 1.82) is 0 Å². The lowest BCUT2D eigenvalue weighted by Gasteiger charge is -2.37. The zero-order chi connectivity index (χ0) is 53.8. The van der Waals surface area contributed by atoms with E-state index >= 15 is 0 Å². The van der Waals surface area contributed by atoms with Gasteiger partial charge in [0.1, 0.15) is 0 Å². The van der Waals surface area contributed by atoms with Crippen molar-refractivity contribution in [3.63, 3.8) is 0 Å². The monoisotopic (exact) mass is 1050 g/mol. The van der Waals surface area contributed by atoms with E-state index in [1.165, 1.54) is 406 Å². The molecule has 448 valence electrons. The van der Waals surface area contributed by atoms with Crippen LogP contribution in [0.25, 0.3) is 0 Å². The predicted molar refractivity (Wildman–Crippen MR) is 341 cm³/mol. The fraction of sp³-hybridized carbons (Fsp3) is 0.971. The number of hydrogen-bond donors (Lipinski definition) is 0. The first-order valence-corrected chi connectivity index (χ1v) is 35.4. The van der Waals surface area contributed by atoms with E-state index in [9.17, 15) is 0 Å². The van der Waals surface area contributed by atoms with Gasteiger partial charge in [0.25, 0.3) is 0 Å². The molecule has 1 aliphatic heterocycles. The minimum absolute atomic E-state index is 1.26. The van der Waals surface area contributed by atoms with Gasteiger partial charge >= 0.3 is 0 Å². The second kappa shape index (κ2) is 61.2. The second-order valence-corrected chi connectivity index (χ2v) is 24.8. The molecule has 1 saturated heterocycles. The Bertz CT molecular complexity index is 1050. The van der Waals surface area contributed by atoms with Gasteiger partial charge in [-0.3, -0.25) is 9.80 Å². The van der Waals surface area contributed by atoms with Gasteiger partial charge in [-0.05, 0) is 90.5 Å². The Balaban J connectivity index is 2.73. The molecule has 5 nitrogen and oxygen atoms in total. The summed E-state index contributed by atoms with van der Waals surface area (Å²) < 4.78 is 0. The van der Waals surface area contributed by atoms with Gasteiger partial charge < -0.3 is 14.7 Å². The zero-order valence-electron chi connectivity index (χ0n) is 52.9. The third-order valence-electron chi connectivity index (χ3n) is 17.5. The summed E-state index contributed by atoms with van der Waals surface area (Å²) in [7, 11) is 0. The normalized spacial score (nSPS) is 13.9. The van der Waals surface area contributed by atoms with Gasteiger partial charge in [-0.2, -0.15) is 0 Å². The SMILES string of the molecule is CCCCCC=CCCCCCN(CCCCCCCCCCCC)CCN1CCN(CCN(CCCCCCCCCCCC)CCN(CCCCCCCCCCCC)CCCCCCCCCCCC)CC1. The van der Waals surface area contributed by atoms with Crippen molar-refractivity contribution in [1.82, 2.24) is 24.5 Å². The van der Waals surface area contributed by atoms with E-state index in [-0.39, 0.29) is 0 Å². The van der Waals surface area contributed by atoms with Gasteiger partial charge in [-0.1, -0.05) is 297 Å². The molecule has 0 spiro atoms. The van der Waals surface area contributed by atoms with Crippen molar-refractivity contribution in [2.75, 3.05) is 98.2 Å². The number of rotatable bonds is 63. The molecule has 0 aromatic carbocycles. The van der Waals surface area contributed by atoms with E-state index in [1.54, 1.807) is 0 Å². The lowest BCUT2D eigenvalue weighted by atomic mass is 10.1. The van der Waals surface area contributed by atoms with Crippen LogP contribution in [0, 0.1) is 0 Å². The van der Waals surface area contributed by atoms with E-state index in [0.29, 0.717) is 0 Å². The van der Waals surface area contributed by atoms with Crippen molar-refractivity contribution in [2.24, 2.45) is 0 Å². The Morgan fingerprint density at radius 1 is 0.213 bits per heavy atom. The van der Waals surface area contributed by atoms with Gasteiger partial charge in [-0.15, -0.1) is 0 Å². The van der Waals surface area contributed by atoms with E-state index in [1.807, 2.05) is 0 Å². The highest BCUT2D eigenvalue weighted by Gasteiger charge is 2.19. The van der Waals surface area contributed by atoms with Crippen LogP contribution in [0.4, 0.5) is 0 Å². The minimum Gasteiger partial charge on any atom is -0.302 e. The summed E-state index contributed by atoms with van der Waals surface area (Å²) in [5.74, 6) is 0. The molecule has 0 aromatic rings. The molecular weight excluding hydrogens is 911 g/mol. The van der Waals surface area contributed by atoms with Crippen LogP contribution in [0.1, 0.15) is 343 Å². The Kier molecular flexibility index (Phi) is 59.2. The maximum absolute atomic E-state index is 2.93. The Morgan fingerprint density at radius 3 is 0.667 bits per heavy atom. The van der Waals surface area contributed by atoms with E-state index in [0.717, 1.165) is 0 Å². The fourth-order valence-electron chi connectivity index (χ4n) is 11.9. The van der Waals surface area contributed by atoms with Crippen LogP contribution in [0.3, 0.4) is 0 Å². The molecule has 0 aromatic heterocycles. The summed E-state index contributed by atoms with van der Waals surface area (Å²) in [6, 6.07) is 0. The largest absolute Gasteiger partial charge is 0.302 e. The molecular formula is C70H143N5. The summed E-state index contributed by atoms with van der Waals surface area (Å²) in [4.78, 5) is 14.4. The number of nitrogens with zero attached hydrogens (tertiary/aromatic N) is 5. The van der Waals surface area contributed by atoms with Crippen molar-refractivity contribution in [3.8, 4) is 0 Å². The maximum atomic E-state index is 2.93. The first kappa shape index (κ1) is 72.6.